The van der Waals surface area contributed by atoms with Gasteiger partial charge in [-0.3, -0.25) is 0 Å². The molecule has 3 nitrogen and oxygen atoms in total. The van der Waals surface area contributed by atoms with Crippen LogP contribution in [0.4, 0.5) is 0 Å². The van der Waals surface area contributed by atoms with Gasteiger partial charge in [-0.05, 0) is 25.1 Å². The maximum atomic E-state index is 9.91. The van der Waals surface area contributed by atoms with E-state index in [2.05, 4.69) is 0 Å². The summed E-state index contributed by atoms with van der Waals surface area (Å²) < 4.78 is 5.64. The molecule has 0 atom stereocenters. The summed E-state index contributed by atoms with van der Waals surface area (Å²) in [5.41, 5.74) is 1.76. The highest BCUT2D eigenvalue weighted by molar-refractivity contribution is 5.96. The lowest BCUT2D eigenvalue weighted by molar-refractivity contribution is 0.454. The number of para-hydroxylation sites is 1. The second-order valence-electron chi connectivity index (χ2n) is 4.25. The first kappa shape index (κ1) is 10.7. The molecule has 1 aromatic heterocycles. The van der Waals surface area contributed by atoms with Crippen LogP contribution in [0.1, 0.15) is 5.76 Å². The van der Waals surface area contributed by atoms with Gasteiger partial charge in [0.2, 0.25) is 0 Å². The topological polar surface area (TPSA) is 53.6 Å². The Morgan fingerprint density at radius 1 is 0.944 bits per heavy atom. The predicted octanol–water partition coefficient (Wildman–Crippen LogP) is 3.82. The maximum Gasteiger partial charge on any atom is 0.142 e. The molecule has 0 amide bonds. The number of phenolic OH excluding ortho intramolecular Hbond substituents is 2. The summed E-state index contributed by atoms with van der Waals surface area (Å²) in [6.45, 7) is 1.87. The number of furan rings is 1. The zero-order valence-electron chi connectivity index (χ0n) is 9.84. The van der Waals surface area contributed by atoms with Crippen molar-refractivity contribution < 1.29 is 14.6 Å². The lowest BCUT2D eigenvalue weighted by atomic mass is 10.0. The number of fused-ring (bicyclic) bond motifs is 1. The first-order valence-electron chi connectivity index (χ1n) is 5.67. The first-order chi connectivity index (χ1) is 8.66. The number of aryl methyl sites for hydroxylation is 1. The van der Waals surface area contributed by atoms with E-state index in [-0.39, 0.29) is 11.5 Å². The Hall–Kier alpha value is -2.42. The number of rotatable bonds is 1. The van der Waals surface area contributed by atoms with E-state index in [1.165, 1.54) is 0 Å². The summed E-state index contributed by atoms with van der Waals surface area (Å²) in [5.74, 6) is 0.875. The Kier molecular flexibility index (Phi) is 2.27. The van der Waals surface area contributed by atoms with E-state index in [1.54, 1.807) is 18.2 Å². The van der Waals surface area contributed by atoms with Crippen molar-refractivity contribution in [3.05, 3.63) is 48.2 Å². The molecule has 3 rings (SSSR count). The van der Waals surface area contributed by atoms with Crippen molar-refractivity contribution in [3.63, 3.8) is 0 Å². The second-order valence-corrected chi connectivity index (χ2v) is 4.25. The summed E-state index contributed by atoms with van der Waals surface area (Å²) in [5, 5.41) is 20.8. The van der Waals surface area contributed by atoms with Gasteiger partial charge in [0, 0.05) is 10.9 Å². The number of phenols is 2. The van der Waals surface area contributed by atoms with E-state index in [1.807, 2.05) is 31.2 Å². The third-order valence-corrected chi connectivity index (χ3v) is 2.96. The highest BCUT2D eigenvalue weighted by Gasteiger charge is 2.15. The van der Waals surface area contributed by atoms with Crippen LogP contribution in [0.25, 0.3) is 22.1 Å². The van der Waals surface area contributed by atoms with Gasteiger partial charge in [-0.15, -0.1) is 0 Å². The van der Waals surface area contributed by atoms with Gasteiger partial charge in [0.25, 0.3) is 0 Å². The first-order valence-corrected chi connectivity index (χ1v) is 5.67. The van der Waals surface area contributed by atoms with E-state index in [4.69, 9.17) is 4.42 Å². The van der Waals surface area contributed by atoms with E-state index in [0.717, 1.165) is 11.1 Å². The highest BCUT2D eigenvalue weighted by atomic mass is 16.3. The monoisotopic (exact) mass is 240 g/mol. The smallest absolute Gasteiger partial charge is 0.142 e. The highest BCUT2D eigenvalue weighted by Crippen LogP contribution is 2.40. The molecule has 90 valence electrons. The zero-order valence-corrected chi connectivity index (χ0v) is 9.84. The number of hydrogen-bond donors (Lipinski definition) is 2. The quantitative estimate of drug-likeness (QED) is 0.679. The summed E-state index contributed by atoms with van der Waals surface area (Å²) in [7, 11) is 0. The van der Waals surface area contributed by atoms with E-state index < -0.39 is 0 Å². The molecule has 3 heteroatoms. The van der Waals surface area contributed by atoms with Crippen LogP contribution >= 0.6 is 0 Å². The van der Waals surface area contributed by atoms with Crippen molar-refractivity contribution in [3.8, 4) is 22.6 Å². The van der Waals surface area contributed by atoms with Crippen LogP contribution in [-0.2, 0) is 0 Å². The molecule has 3 aromatic rings. The Labute approximate surface area is 104 Å². The molecule has 2 aromatic carbocycles. The normalized spacial score (nSPS) is 10.9. The molecule has 0 radical (unpaired) electrons. The summed E-state index contributed by atoms with van der Waals surface area (Å²) >= 11 is 0. The van der Waals surface area contributed by atoms with Gasteiger partial charge in [0.1, 0.15) is 22.8 Å². The largest absolute Gasteiger partial charge is 0.507 e. The van der Waals surface area contributed by atoms with Crippen molar-refractivity contribution in [2.75, 3.05) is 0 Å². The van der Waals surface area contributed by atoms with Gasteiger partial charge >= 0.3 is 0 Å². The summed E-state index contributed by atoms with van der Waals surface area (Å²) in [6.07, 6.45) is 0. The Morgan fingerprint density at radius 2 is 1.61 bits per heavy atom. The van der Waals surface area contributed by atoms with Crippen LogP contribution in [0, 0.1) is 6.92 Å². The molecule has 1 heterocycles. The molecule has 0 bridgehead atoms. The molecule has 0 aliphatic rings. The van der Waals surface area contributed by atoms with Crippen molar-refractivity contribution in [1.82, 2.24) is 0 Å². The van der Waals surface area contributed by atoms with Gasteiger partial charge < -0.3 is 14.6 Å². The van der Waals surface area contributed by atoms with Crippen LogP contribution in [-0.4, -0.2) is 10.2 Å². The molecule has 0 unspecified atom stereocenters. The summed E-state index contributed by atoms with van der Waals surface area (Å²) in [6, 6.07) is 12.2. The lowest BCUT2D eigenvalue weighted by Crippen LogP contribution is -1.81. The van der Waals surface area contributed by atoms with Crippen LogP contribution in [0.3, 0.4) is 0 Å². The molecular weight excluding hydrogens is 228 g/mol. The molecule has 0 spiro atoms. The third-order valence-electron chi connectivity index (χ3n) is 2.96. The SMILES string of the molecule is Cc1cc2cccc(-c3c(O)cccc3O)c2o1. The van der Waals surface area contributed by atoms with E-state index in [0.29, 0.717) is 16.7 Å². The Balaban J connectivity index is 2.38. The van der Waals surface area contributed by atoms with Crippen LogP contribution in [0.15, 0.2) is 46.9 Å². The average molecular weight is 240 g/mol. The zero-order chi connectivity index (χ0) is 12.7. The Morgan fingerprint density at radius 3 is 2.33 bits per heavy atom. The number of benzene rings is 2. The molecule has 2 N–H and O–H groups in total. The molecule has 18 heavy (non-hydrogen) atoms. The number of aromatic hydroxyl groups is 2. The van der Waals surface area contributed by atoms with Crippen LogP contribution < -0.4 is 0 Å². The standard InChI is InChI=1S/C15H12O3/c1-9-8-10-4-2-5-11(15(10)18-9)14-12(16)6-3-7-13(14)17/h2-8,16-17H,1H3. The third kappa shape index (κ3) is 1.52. The van der Waals surface area contributed by atoms with Crippen molar-refractivity contribution in [2.45, 2.75) is 6.92 Å². The Bertz CT molecular complexity index is 705. The fourth-order valence-corrected chi connectivity index (χ4v) is 2.19. The summed E-state index contributed by atoms with van der Waals surface area (Å²) in [4.78, 5) is 0. The lowest BCUT2D eigenvalue weighted by Gasteiger charge is -2.07. The van der Waals surface area contributed by atoms with Crippen molar-refractivity contribution >= 4 is 11.0 Å². The van der Waals surface area contributed by atoms with Crippen molar-refractivity contribution in [2.24, 2.45) is 0 Å². The molecule has 0 saturated carbocycles. The maximum absolute atomic E-state index is 9.91. The minimum absolute atomic E-state index is 0.0385. The fraction of sp³-hybridized carbons (Fsp3) is 0.0667. The second kappa shape index (κ2) is 3.81. The fourth-order valence-electron chi connectivity index (χ4n) is 2.19. The molecule has 0 fully saturated rings. The van der Waals surface area contributed by atoms with Gasteiger partial charge in [-0.25, -0.2) is 0 Å². The minimum atomic E-state index is 0.0385. The van der Waals surface area contributed by atoms with E-state index in [9.17, 15) is 10.2 Å². The van der Waals surface area contributed by atoms with Gasteiger partial charge in [0.05, 0.1) is 5.56 Å². The van der Waals surface area contributed by atoms with Crippen LogP contribution in [0.5, 0.6) is 11.5 Å². The van der Waals surface area contributed by atoms with E-state index >= 15 is 0 Å². The molecular formula is C15H12O3. The van der Waals surface area contributed by atoms with Crippen molar-refractivity contribution in [1.29, 1.82) is 0 Å². The average Bonchev–Trinajstić information content (AvgIpc) is 2.70. The van der Waals surface area contributed by atoms with Gasteiger partial charge in [-0.1, -0.05) is 24.3 Å². The van der Waals surface area contributed by atoms with Gasteiger partial charge in [-0.2, -0.15) is 0 Å². The van der Waals surface area contributed by atoms with Gasteiger partial charge in [0.15, 0.2) is 0 Å². The van der Waals surface area contributed by atoms with Crippen LogP contribution in [0.2, 0.25) is 0 Å². The number of hydrogen-bond acceptors (Lipinski definition) is 3. The molecule has 0 aliphatic heterocycles. The molecule has 0 aliphatic carbocycles. The predicted molar refractivity (Wildman–Crippen MR) is 69.7 cm³/mol. The minimum Gasteiger partial charge on any atom is -0.507 e. The molecule has 0 saturated heterocycles.